The number of para-hydroxylation sites is 1. The van der Waals surface area contributed by atoms with E-state index in [4.69, 9.17) is 0 Å². The molecule has 4 aromatic rings. The van der Waals surface area contributed by atoms with E-state index >= 15 is 0 Å². The fraction of sp³-hybridized carbons (Fsp3) is 0.231. The first-order valence-corrected chi connectivity index (χ1v) is 11.8. The van der Waals surface area contributed by atoms with Crippen LogP contribution in [-0.2, 0) is 11.3 Å². The maximum atomic E-state index is 12.3. The van der Waals surface area contributed by atoms with E-state index in [0.717, 1.165) is 34.6 Å². The van der Waals surface area contributed by atoms with Crippen LogP contribution >= 0.6 is 11.8 Å². The van der Waals surface area contributed by atoms with Crippen LogP contribution in [0.2, 0.25) is 0 Å². The number of aryl methyl sites for hydroxylation is 3. The molecule has 0 fully saturated rings. The van der Waals surface area contributed by atoms with Gasteiger partial charge >= 0.3 is 0 Å². The first-order valence-electron chi connectivity index (χ1n) is 10.8. The lowest BCUT2D eigenvalue weighted by atomic mass is 10.1. The van der Waals surface area contributed by atoms with Gasteiger partial charge in [-0.2, -0.15) is 5.10 Å². The maximum Gasteiger partial charge on any atom is 0.250 e. The molecule has 6 nitrogen and oxygen atoms in total. The molecule has 0 atom stereocenters. The number of fused-ring (bicyclic) bond motifs is 1. The van der Waals surface area contributed by atoms with Gasteiger partial charge in [-0.05, 0) is 44.9 Å². The molecule has 0 aliphatic carbocycles. The van der Waals surface area contributed by atoms with Crippen LogP contribution in [0.15, 0.2) is 64.9 Å². The first kappa shape index (κ1) is 22.7. The molecule has 0 aliphatic heterocycles. The highest BCUT2D eigenvalue weighted by atomic mass is 32.2. The van der Waals surface area contributed by atoms with Crippen molar-refractivity contribution in [1.82, 2.24) is 20.0 Å². The summed E-state index contributed by atoms with van der Waals surface area (Å²) in [5, 5.41) is 5.98. The van der Waals surface area contributed by atoms with Crippen LogP contribution in [0.25, 0.3) is 10.9 Å². The molecular formula is C26H27N5OS. The molecule has 168 valence electrons. The summed E-state index contributed by atoms with van der Waals surface area (Å²) in [7, 11) is 0. The van der Waals surface area contributed by atoms with E-state index in [-0.39, 0.29) is 11.7 Å². The third-order valence-electron chi connectivity index (χ3n) is 5.45. The van der Waals surface area contributed by atoms with Gasteiger partial charge in [0.15, 0.2) is 5.16 Å². The van der Waals surface area contributed by atoms with Crippen molar-refractivity contribution in [2.75, 3.05) is 5.75 Å². The van der Waals surface area contributed by atoms with Crippen LogP contribution in [0.5, 0.6) is 0 Å². The molecule has 2 heterocycles. The summed E-state index contributed by atoms with van der Waals surface area (Å²) in [6.45, 7) is 8.83. The van der Waals surface area contributed by atoms with Gasteiger partial charge < -0.3 is 4.57 Å². The minimum atomic E-state index is -0.194. The number of hydrazone groups is 1. The highest BCUT2D eigenvalue weighted by molar-refractivity contribution is 7.99. The van der Waals surface area contributed by atoms with E-state index in [1.807, 2.05) is 26.0 Å². The average Bonchev–Trinajstić information content (AvgIpc) is 3.05. The Morgan fingerprint density at radius 3 is 2.48 bits per heavy atom. The van der Waals surface area contributed by atoms with Crippen molar-refractivity contribution < 1.29 is 4.79 Å². The lowest BCUT2D eigenvalue weighted by molar-refractivity contribution is -0.118. The highest BCUT2D eigenvalue weighted by Crippen LogP contribution is 2.28. The molecule has 2 aromatic carbocycles. The predicted octanol–water partition coefficient (Wildman–Crippen LogP) is 4.96. The van der Waals surface area contributed by atoms with Crippen LogP contribution < -0.4 is 5.43 Å². The summed E-state index contributed by atoms with van der Waals surface area (Å²) in [5.74, 6) is 0.00883. The van der Waals surface area contributed by atoms with E-state index in [2.05, 4.69) is 81.4 Å². The SMILES string of the molecule is Cc1cc(C)nc(SCC(=O)N/N=C/c2c(C)n(Cc3ccccc3)c3c(C)cccc23)n1. The van der Waals surface area contributed by atoms with Gasteiger partial charge in [0.25, 0.3) is 5.91 Å². The van der Waals surface area contributed by atoms with Gasteiger partial charge in [-0.15, -0.1) is 0 Å². The van der Waals surface area contributed by atoms with Crippen molar-refractivity contribution in [1.29, 1.82) is 0 Å². The molecule has 33 heavy (non-hydrogen) atoms. The van der Waals surface area contributed by atoms with E-state index in [1.54, 1.807) is 6.21 Å². The number of benzene rings is 2. The number of aromatic nitrogens is 3. The van der Waals surface area contributed by atoms with Gasteiger partial charge in [0, 0.05) is 34.6 Å². The fourth-order valence-corrected chi connectivity index (χ4v) is 4.70. The monoisotopic (exact) mass is 457 g/mol. The molecule has 0 spiro atoms. The summed E-state index contributed by atoms with van der Waals surface area (Å²) in [5.41, 5.74) is 10.2. The average molecular weight is 458 g/mol. The molecule has 0 saturated carbocycles. The van der Waals surface area contributed by atoms with Crippen LogP contribution in [-0.4, -0.2) is 32.4 Å². The van der Waals surface area contributed by atoms with Gasteiger partial charge in [-0.1, -0.05) is 60.3 Å². The standard InChI is InChI=1S/C26H27N5OS/c1-17-9-8-12-22-23(20(4)31(25(17)22)15-21-10-6-5-7-11-21)14-27-30-24(32)16-33-26-28-18(2)13-19(3)29-26/h5-14H,15-16H2,1-4H3,(H,30,32)/b27-14+. The minimum Gasteiger partial charge on any atom is -0.340 e. The van der Waals surface area contributed by atoms with Gasteiger partial charge in [0.05, 0.1) is 17.5 Å². The lowest BCUT2D eigenvalue weighted by Gasteiger charge is -2.10. The van der Waals surface area contributed by atoms with Gasteiger partial charge in [-0.3, -0.25) is 4.79 Å². The quantitative estimate of drug-likeness (QED) is 0.184. The molecule has 4 rings (SSSR count). The first-order chi connectivity index (χ1) is 15.9. The summed E-state index contributed by atoms with van der Waals surface area (Å²) >= 11 is 1.30. The number of nitrogens with one attached hydrogen (secondary N) is 1. The second-order valence-electron chi connectivity index (χ2n) is 8.06. The third-order valence-corrected chi connectivity index (χ3v) is 6.30. The number of amides is 1. The number of carbonyl (C=O) groups is 1. The largest absolute Gasteiger partial charge is 0.340 e. The lowest BCUT2D eigenvalue weighted by Crippen LogP contribution is -2.20. The maximum absolute atomic E-state index is 12.3. The number of rotatable bonds is 7. The number of thioether (sulfide) groups is 1. The van der Waals surface area contributed by atoms with Crippen molar-refractivity contribution in [3.05, 3.63) is 88.4 Å². The fourth-order valence-electron chi connectivity index (χ4n) is 3.96. The summed E-state index contributed by atoms with van der Waals surface area (Å²) in [6, 6.07) is 18.6. The second kappa shape index (κ2) is 10.0. The van der Waals surface area contributed by atoms with Gasteiger partial charge in [0.2, 0.25) is 0 Å². The Morgan fingerprint density at radius 2 is 1.76 bits per heavy atom. The van der Waals surface area contributed by atoms with Crippen molar-refractivity contribution >= 4 is 34.8 Å². The number of hydrogen-bond acceptors (Lipinski definition) is 5. The zero-order chi connectivity index (χ0) is 23.4. The molecule has 2 aromatic heterocycles. The summed E-state index contributed by atoms with van der Waals surface area (Å²) in [4.78, 5) is 21.0. The molecule has 0 unspecified atom stereocenters. The number of hydrogen-bond donors (Lipinski definition) is 1. The van der Waals surface area contributed by atoms with Crippen LogP contribution in [0, 0.1) is 27.7 Å². The molecule has 1 N–H and O–H groups in total. The van der Waals surface area contributed by atoms with Crippen molar-refractivity contribution in [2.24, 2.45) is 5.10 Å². The number of nitrogens with zero attached hydrogens (tertiary/aromatic N) is 4. The summed E-state index contributed by atoms with van der Waals surface area (Å²) < 4.78 is 2.32. The van der Waals surface area contributed by atoms with Crippen LogP contribution in [0.1, 0.15) is 33.8 Å². The Morgan fingerprint density at radius 1 is 1.03 bits per heavy atom. The van der Waals surface area contributed by atoms with E-state index in [0.29, 0.717) is 5.16 Å². The Kier molecular flexibility index (Phi) is 6.89. The van der Waals surface area contributed by atoms with E-state index < -0.39 is 0 Å². The Bertz CT molecular complexity index is 1310. The van der Waals surface area contributed by atoms with E-state index in [9.17, 15) is 4.79 Å². The number of carbonyl (C=O) groups excluding carboxylic acids is 1. The zero-order valence-corrected chi connectivity index (χ0v) is 20.1. The summed E-state index contributed by atoms with van der Waals surface area (Å²) in [6.07, 6.45) is 1.74. The Balaban J connectivity index is 1.51. The molecule has 0 aliphatic rings. The van der Waals surface area contributed by atoms with Crippen LogP contribution in [0.4, 0.5) is 0 Å². The molecule has 7 heteroatoms. The smallest absolute Gasteiger partial charge is 0.250 e. The molecule has 1 amide bonds. The molecule has 0 bridgehead atoms. The Hall–Kier alpha value is -3.45. The normalized spacial score (nSPS) is 11.4. The minimum absolute atomic E-state index is 0.194. The van der Waals surface area contributed by atoms with Crippen molar-refractivity contribution in [3.8, 4) is 0 Å². The molecule has 0 radical (unpaired) electrons. The second-order valence-corrected chi connectivity index (χ2v) is 9.00. The predicted molar refractivity (Wildman–Crippen MR) is 135 cm³/mol. The highest BCUT2D eigenvalue weighted by Gasteiger charge is 2.15. The van der Waals surface area contributed by atoms with Gasteiger partial charge in [-0.25, -0.2) is 15.4 Å². The topological polar surface area (TPSA) is 72.2 Å². The van der Waals surface area contributed by atoms with E-state index in [1.165, 1.54) is 28.4 Å². The van der Waals surface area contributed by atoms with Gasteiger partial charge in [0.1, 0.15) is 0 Å². The third kappa shape index (κ3) is 5.31. The van der Waals surface area contributed by atoms with Crippen molar-refractivity contribution in [2.45, 2.75) is 39.4 Å². The Labute approximate surface area is 198 Å². The molecule has 0 saturated heterocycles. The van der Waals surface area contributed by atoms with Crippen LogP contribution in [0.3, 0.4) is 0 Å². The van der Waals surface area contributed by atoms with Crippen molar-refractivity contribution in [3.63, 3.8) is 0 Å². The zero-order valence-electron chi connectivity index (χ0n) is 19.3. The molecular weight excluding hydrogens is 430 g/mol.